The maximum absolute atomic E-state index is 12.5. The quantitative estimate of drug-likeness (QED) is 0.578. The van der Waals surface area contributed by atoms with Crippen LogP contribution in [0.3, 0.4) is 0 Å². The predicted octanol–water partition coefficient (Wildman–Crippen LogP) is 5.22. The Morgan fingerprint density at radius 2 is 1.59 bits per heavy atom. The van der Waals surface area contributed by atoms with Gasteiger partial charge < -0.3 is 20.1 Å². The molecule has 0 radical (unpaired) electrons. The Morgan fingerprint density at radius 3 is 2.17 bits per heavy atom. The van der Waals surface area contributed by atoms with Crippen LogP contribution in [0.25, 0.3) is 0 Å². The van der Waals surface area contributed by atoms with Crippen molar-refractivity contribution in [2.45, 2.75) is 19.8 Å². The zero-order chi connectivity index (χ0) is 20.8. The number of anilines is 3. The Morgan fingerprint density at radius 1 is 0.897 bits per heavy atom. The topological polar surface area (TPSA) is 72.5 Å². The minimum Gasteiger partial charge on any atom is -0.493 e. The smallest absolute Gasteiger partial charge is 0.255 e. The highest BCUT2D eigenvalue weighted by molar-refractivity contribution is 6.04. The standard InChI is InChI=1S/C23H25N3O3/c1-15(2)16-5-8-18(9-6-16)25-22-12-10-19(14-24-22)26-23(27)17-7-11-20(28-3)21(13-17)29-4/h5-15H,1-4H3,(H,24,25)(H,26,27). The van der Waals surface area contributed by atoms with Crippen LogP contribution in [-0.2, 0) is 0 Å². The summed E-state index contributed by atoms with van der Waals surface area (Å²) in [6.45, 7) is 4.33. The number of hydrogen-bond donors (Lipinski definition) is 2. The molecule has 0 spiro atoms. The second-order valence-corrected chi connectivity index (χ2v) is 6.86. The van der Waals surface area contributed by atoms with Crippen molar-refractivity contribution in [3.63, 3.8) is 0 Å². The first kappa shape index (κ1) is 20.2. The molecule has 6 nitrogen and oxygen atoms in total. The van der Waals surface area contributed by atoms with E-state index >= 15 is 0 Å². The molecule has 0 bridgehead atoms. The predicted molar refractivity (Wildman–Crippen MR) is 116 cm³/mol. The highest BCUT2D eigenvalue weighted by Crippen LogP contribution is 2.28. The third-order valence-electron chi connectivity index (χ3n) is 4.52. The highest BCUT2D eigenvalue weighted by atomic mass is 16.5. The van der Waals surface area contributed by atoms with E-state index in [1.165, 1.54) is 12.7 Å². The molecule has 1 heterocycles. The summed E-state index contributed by atoms with van der Waals surface area (Å²) in [6, 6.07) is 16.9. The molecule has 0 aliphatic rings. The van der Waals surface area contributed by atoms with Gasteiger partial charge in [-0.05, 0) is 53.9 Å². The molecule has 0 fully saturated rings. The number of aromatic nitrogens is 1. The third-order valence-corrected chi connectivity index (χ3v) is 4.52. The molecular weight excluding hydrogens is 366 g/mol. The van der Waals surface area contributed by atoms with Crippen LogP contribution < -0.4 is 20.1 Å². The molecular formula is C23H25N3O3. The minimum atomic E-state index is -0.252. The van der Waals surface area contributed by atoms with Gasteiger partial charge in [-0.25, -0.2) is 4.98 Å². The molecule has 1 aromatic heterocycles. The monoisotopic (exact) mass is 391 g/mol. The molecule has 0 aliphatic heterocycles. The molecule has 2 N–H and O–H groups in total. The molecule has 0 saturated heterocycles. The number of pyridine rings is 1. The van der Waals surface area contributed by atoms with Gasteiger partial charge in [0.15, 0.2) is 11.5 Å². The molecule has 29 heavy (non-hydrogen) atoms. The number of hydrogen-bond acceptors (Lipinski definition) is 5. The van der Waals surface area contributed by atoms with Crippen molar-refractivity contribution in [2.75, 3.05) is 24.9 Å². The van der Waals surface area contributed by atoms with Gasteiger partial charge in [-0.1, -0.05) is 26.0 Å². The van der Waals surface area contributed by atoms with Crippen molar-refractivity contribution < 1.29 is 14.3 Å². The van der Waals surface area contributed by atoms with E-state index in [9.17, 15) is 4.79 Å². The van der Waals surface area contributed by atoms with Crippen LogP contribution in [0.2, 0.25) is 0 Å². The lowest BCUT2D eigenvalue weighted by Gasteiger charge is -2.11. The van der Waals surface area contributed by atoms with Crippen molar-refractivity contribution in [1.82, 2.24) is 4.98 Å². The average Bonchev–Trinajstić information content (AvgIpc) is 2.75. The molecule has 6 heteroatoms. The number of ether oxygens (including phenoxy) is 2. The van der Waals surface area contributed by atoms with Crippen LogP contribution in [-0.4, -0.2) is 25.1 Å². The van der Waals surface area contributed by atoms with E-state index in [0.717, 1.165) is 5.69 Å². The first-order valence-electron chi connectivity index (χ1n) is 9.36. The number of nitrogens with one attached hydrogen (secondary N) is 2. The maximum Gasteiger partial charge on any atom is 0.255 e. The summed E-state index contributed by atoms with van der Waals surface area (Å²) in [4.78, 5) is 16.9. The first-order chi connectivity index (χ1) is 14.0. The van der Waals surface area contributed by atoms with E-state index in [4.69, 9.17) is 9.47 Å². The van der Waals surface area contributed by atoms with Gasteiger partial charge in [0.2, 0.25) is 0 Å². The lowest BCUT2D eigenvalue weighted by atomic mass is 10.0. The fourth-order valence-electron chi connectivity index (χ4n) is 2.82. The summed E-state index contributed by atoms with van der Waals surface area (Å²) in [7, 11) is 3.09. The molecule has 0 aliphatic carbocycles. The molecule has 0 saturated carbocycles. The largest absolute Gasteiger partial charge is 0.493 e. The molecule has 0 unspecified atom stereocenters. The summed E-state index contributed by atoms with van der Waals surface area (Å²) >= 11 is 0. The van der Waals surface area contributed by atoms with Crippen molar-refractivity contribution in [3.05, 3.63) is 71.9 Å². The summed E-state index contributed by atoms with van der Waals surface area (Å²) in [5.74, 6) is 2.02. The molecule has 3 aromatic rings. The third kappa shape index (κ3) is 5.04. The zero-order valence-corrected chi connectivity index (χ0v) is 17.0. The molecule has 0 atom stereocenters. The van der Waals surface area contributed by atoms with E-state index in [-0.39, 0.29) is 5.91 Å². The van der Waals surface area contributed by atoms with Gasteiger partial charge in [0, 0.05) is 11.3 Å². The van der Waals surface area contributed by atoms with Gasteiger partial charge >= 0.3 is 0 Å². The van der Waals surface area contributed by atoms with Crippen LogP contribution in [0.4, 0.5) is 17.2 Å². The van der Waals surface area contributed by atoms with Crippen molar-refractivity contribution >= 4 is 23.1 Å². The normalized spacial score (nSPS) is 10.5. The molecule has 3 rings (SSSR count). The lowest BCUT2D eigenvalue weighted by Crippen LogP contribution is -2.12. The van der Waals surface area contributed by atoms with E-state index in [1.807, 2.05) is 18.2 Å². The Bertz CT molecular complexity index is 968. The van der Waals surface area contributed by atoms with E-state index in [0.29, 0.717) is 34.5 Å². The number of nitrogens with zero attached hydrogens (tertiary/aromatic N) is 1. The molecule has 1 amide bonds. The van der Waals surface area contributed by atoms with Crippen LogP contribution in [0, 0.1) is 0 Å². The Hall–Kier alpha value is -3.54. The van der Waals surface area contributed by atoms with Gasteiger partial charge in [0.05, 0.1) is 26.1 Å². The Balaban J connectivity index is 1.65. The fraction of sp³-hybridized carbons (Fsp3) is 0.217. The highest BCUT2D eigenvalue weighted by Gasteiger charge is 2.11. The number of methoxy groups -OCH3 is 2. The molecule has 150 valence electrons. The van der Waals surface area contributed by atoms with E-state index in [2.05, 4.69) is 41.6 Å². The van der Waals surface area contributed by atoms with Gasteiger partial charge in [0.1, 0.15) is 5.82 Å². The Labute approximate surface area is 170 Å². The second kappa shape index (κ2) is 9.10. The van der Waals surface area contributed by atoms with E-state index in [1.54, 1.807) is 37.6 Å². The maximum atomic E-state index is 12.5. The van der Waals surface area contributed by atoms with Crippen LogP contribution in [0.5, 0.6) is 11.5 Å². The number of amides is 1. The summed E-state index contributed by atoms with van der Waals surface area (Å²) in [6.07, 6.45) is 1.61. The fourth-order valence-corrected chi connectivity index (χ4v) is 2.82. The number of benzene rings is 2. The van der Waals surface area contributed by atoms with Gasteiger partial charge in [0.25, 0.3) is 5.91 Å². The number of rotatable bonds is 7. The van der Waals surface area contributed by atoms with Gasteiger partial charge in [-0.2, -0.15) is 0 Å². The van der Waals surface area contributed by atoms with Gasteiger partial charge in [-0.3, -0.25) is 4.79 Å². The summed E-state index contributed by atoms with van der Waals surface area (Å²) in [5, 5.41) is 6.09. The van der Waals surface area contributed by atoms with Crippen molar-refractivity contribution in [1.29, 1.82) is 0 Å². The number of carbonyl (C=O) groups excluding carboxylic acids is 1. The summed E-state index contributed by atoms with van der Waals surface area (Å²) < 4.78 is 10.4. The summed E-state index contributed by atoms with van der Waals surface area (Å²) in [5.41, 5.74) is 3.32. The van der Waals surface area contributed by atoms with Crippen LogP contribution in [0.1, 0.15) is 35.7 Å². The van der Waals surface area contributed by atoms with Crippen molar-refractivity contribution in [2.24, 2.45) is 0 Å². The van der Waals surface area contributed by atoms with Crippen LogP contribution in [0.15, 0.2) is 60.8 Å². The van der Waals surface area contributed by atoms with Gasteiger partial charge in [-0.15, -0.1) is 0 Å². The van der Waals surface area contributed by atoms with Crippen LogP contribution >= 0.6 is 0 Å². The first-order valence-corrected chi connectivity index (χ1v) is 9.36. The Kier molecular flexibility index (Phi) is 6.34. The minimum absolute atomic E-state index is 0.252. The second-order valence-electron chi connectivity index (χ2n) is 6.86. The zero-order valence-electron chi connectivity index (χ0n) is 17.0. The lowest BCUT2D eigenvalue weighted by molar-refractivity contribution is 0.102. The van der Waals surface area contributed by atoms with Crippen molar-refractivity contribution in [3.8, 4) is 11.5 Å². The number of carbonyl (C=O) groups is 1. The molecule has 2 aromatic carbocycles. The average molecular weight is 391 g/mol. The SMILES string of the molecule is COc1ccc(C(=O)Nc2ccc(Nc3ccc(C(C)C)cc3)nc2)cc1OC. The van der Waals surface area contributed by atoms with E-state index < -0.39 is 0 Å².